The molecule has 1 aromatic heterocycles. The van der Waals surface area contributed by atoms with Crippen LogP contribution in [0.3, 0.4) is 0 Å². The van der Waals surface area contributed by atoms with Crippen molar-refractivity contribution in [3.05, 3.63) is 52.9 Å². The summed E-state index contributed by atoms with van der Waals surface area (Å²) in [4.78, 5) is 4.64. The third-order valence-electron chi connectivity index (χ3n) is 3.39. The van der Waals surface area contributed by atoms with Gasteiger partial charge < -0.3 is 10.2 Å². The molecule has 3 aromatic rings. The number of hydrogen-bond acceptors (Lipinski definition) is 4. The molecular weight excluding hydrogens is 282 g/mol. The molecule has 0 spiro atoms. The molecule has 0 bridgehead atoms. The number of aromatic hydroxyl groups is 2. The number of aryl methyl sites for hydroxylation is 2. The molecule has 0 saturated carbocycles. The SMILES string of the molecule is Cc1ccc(-c2nc(-c3ccc(O)c(O)c3)cs2)c(C)c1. The second kappa shape index (κ2) is 5.22. The number of hydrogen-bond donors (Lipinski definition) is 2. The molecule has 21 heavy (non-hydrogen) atoms. The molecule has 0 aliphatic heterocycles. The highest BCUT2D eigenvalue weighted by atomic mass is 32.1. The minimum Gasteiger partial charge on any atom is -0.504 e. The Morgan fingerprint density at radius 2 is 1.76 bits per heavy atom. The maximum atomic E-state index is 9.59. The maximum Gasteiger partial charge on any atom is 0.158 e. The van der Waals surface area contributed by atoms with Gasteiger partial charge in [-0.3, -0.25) is 0 Å². The van der Waals surface area contributed by atoms with Crippen molar-refractivity contribution in [2.75, 3.05) is 0 Å². The standard InChI is InChI=1S/C17H15NO2S/c1-10-3-5-13(11(2)7-10)17-18-14(9-21-17)12-4-6-15(19)16(20)8-12/h3-9,19-20H,1-2H3. The van der Waals surface area contributed by atoms with Gasteiger partial charge in [0.15, 0.2) is 11.5 Å². The van der Waals surface area contributed by atoms with Crippen LogP contribution in [0.4, 0.5) is 0 Å². The molecule has 0 unspecified atom stereocenters. The fraction of sp³-hybridized carbons (Fsp3) is 0.118. The van der Waals surface area contributed by atoms with Crippen molar-refractivity contribution in [3.63, 3.8) is 0 Å². The van der Waals surface area contributed by atoms with Crippen LogP contribution in [0.25, 0.3) is 21.8 Å². The first-order valence-corrected chi connectivity index (χ1v) is 7.48. The fourth-order valence-electron chi connectivity index (χ4n) is 2.27. The number of benzene rings is 2. The van der Waals surface area contributed by atoms with Crippen LogP contribution in [-0.4, -0.2) is 15.2 Å². The molecule has 4 heteroatoms. The minimum atomic E-state index is -0.131. The third-order valence-corrected chi connectivity index (χ3v) is 4.26. The first-order valence-electron chi connectivity index (χ1n) is 6.60. The van der Waals surface area contributed by atoms with E-state index in [1.165, 1.54) is 23.3 Å². The summed E-state index contributed by atoms with van der Waals surface area (Å²) in [5.41, 5.74) is 5.14. The summed E-state index contributed by atoms with van der Waals surface area (Å²) in [5, 5.41) is 21.9. The van der Waals surface area contributed by atoms with Gasteiger partial charge >= 0.3 is 0 Å². The Balaban J connectivity index is 2.01. The molecule has 106 valence electrons. The van der Waals surface area contributed by atoms with Gasteiger partial charge in [-0.2, -0.15) is 0 Å². The second-order valence-electron chi connectivity index (χ2n) is 5.06. The van der Waals surface area contributed by atoms with Crippen LogP contribution in [0.2, 0.25) is 0 Å². The van der Waals surface area contributed by atoms with Crippen LogP contribution >= 0.6 is 11.3 Å². The lowest BCUT2D eigenvalue weighted by Crippen LogP contribution is -1.84. The van der Waals surface area contributed by atoms with Crippen LogP contribution < -0.4 is 0 Å². The van der Waals surface area contributed by atoms with Gasteiger partial charge in [0.2, 0.25) is 0 Å². The Kier molecular flexibility index (Phi) is 3.39. The highest BCUT2D eigenvalue weighted by Gasteiger charge is 2.10. The van der Waals surface area contributed by atoms with E-state index in [0.717, 1.165) is 21.8 Å². The summed E-state index contributed by atoms with van der Waals surface area (Å²) in [6.45, 7) is 4.15. The number of phenols is 2. The minimum absolute atomic E-state index is 0.122. The molecule has 0 amide bonds. The van der Waals surface area contributed by atoms with Crippen molar-refractivity contribution in [1.82, 2.24) is 4.98 Å². The lowest BCUT2D eigenvalue weighted by atomic mass is 10.1. The summed E-state index contributed by atoms with van der Waals surface area (Å²) in [6.07, 6.45) is 0. The van der Waals surface area contributed by atoms with Gasteiger partial charge in [0.25, 0.3) is 0 Å². The van der Waals surface area contributed by atoms with E-state index in [2.05, 4.69) is 37.0 Å². The molecule has 3 nitrogen and oxygen atoms in total. The summed E-state index contributed by atoms with van der Waals surface area (Å²) in [6, 6.07) is 11.0. The first-order chi connectivity index (χ1) is 10.0. The molecule has 1 heterocycles. The van der Waals surface area contributed by atoms with Crippen LogP contribution in [0.15, 0.2) is 41.8 Å². The van der Waals surface area contributed by atoms with Crippen LogP contribution in [-0.2, 0) is 0 Å². The maximum absolute atomic E-state index is 9.59. The highest BCUT2D eigenvalue weighted by Crippen LogP contribution is 2.34. The number of thiazole rings is 1. The van der Waals surface area contributed by atoms with Crippen LogP contribution in [0, 0.1) is 13.8 Å². The molecule has 0 atom stereocenters. The van der Waals surface area contributed by atoms with E-state index in [9.17, 15) is 10.2 Å². The van der Waals surface area contributed by atoms with Crippen LogP contribution in [0.1, 0.15) is 11.1 Å². The van der Waals surface area contributed by atoms with Gasteiger partial charge in [-0.15, -0.1) is 11.3 Å². The Hall–Kier alpha value is -2.33. The lowest BCUT2D eigenvalue weighted by molar-refractivity contribution is 0.404. The van der Waals surface area contributed by atoms with E-state index in [-0.39, 0.29) is 11.5 Å². The Labute approximate surface area is 127 Å². The van der Waals surface area contributed by atoms with Crippen molar-refractivity contribution in [3.8, 4) is 33.3 Å². The number of phenolic OH excluding ortho intramolecular Hbond substituents is 2. The lowest BCUT2D eigenvalue weighted by Gasteiger charge is -2.03. The average Bonchev–Trinajstić information content (AvgIpc) is 2.91. The van der Waals surface area contributed by atoms with Gasteiger partial charge in [0, 0.05) is 16.5 Å². The van der Waals surface area contributed by atoms with Gasteiger partial charge in [-0.1, -0.05) is 23.8 Å². The molecule has 0 saturated heterocycles. The molecule has 0 fully saturated rings. The van der Waals surface area contributed by atoms with Gasteiger partial charge in [-0.05, 0) is 37.6 Å². The molecular formula is C17H15NO2S. The normalized spacial score (nSPS) is 10.8. The number of rotatable bonds is 2. The molecule has 0 radical (unpaired) electrons. The quantitative estimate of drug-likeness (QED) is 0.684. The molecule has 0 aliphatic carbocycles. The second-order valence-corrected chi connectivity index (χ2v) is 5.92. The fourth-order valence-corrected chi connectivity index (χ4v) is 3.19. The topological polar surface area (TPSA) is 53.4 Å². The van der Waals surface area contributed by atoms with Crippen molar-refractivity contribution in [1.29, 1.82) is 0 Å². The molecule has 3 rings (SSSR count). The van der Waals surface area contributed by atoms with E-state index in [1.54, 1.807) is 17.4 Å². The van der Waals surface area contributed by atoms with Crippen molar-refractivity contribution < 1.29 is 10.2 Å². The number of aromatic nitrogens is 1. The van der Waals surface area contributed by atoms with Gasteiger partial charge in [-0.25, -0.2) is 4.98 Å². The Morgan fingerprint density at radius 3 is 2.48 bits per heavy atom. The summed E-state index contributed by atoms with van der Waals surface area (Å²) in [7, 11) is 0. The van der Waals surface area contributed by atoms with E-state index < -0.39 is 0 Å². The Morgan fingerprint density at radius 1 is 0.952 bits per heavy atom. The zero-order valence-corrected chi connectivity index (χ0v) is 12.6. The predicted octanol–water partition coefficient (Wildman–Crippen LogP) is 4.51. The van der Waals surface area contributed by atoms with Gasteiger partial charge in [0.1, 0.15) is 5.01 Å². The Bertz CT molecular complexity index is 808. The largest absolute Gasteiger partial charge is 0.504 e. The van der Waals surface area contributed by atoms with Crippen molar-refractivity contribution in [2.45, 2.75) is 13.8 Å². The van der Waals surface area contributed by atoms with Crippen LogP contribution in [0.5, 0.6) is 11.5 Å². The smallest absolute Gasteiger partial charge is 0.158 e. The highest BCUT2D eigenvalue weighted by molar-refractivity contribution is 7.13. The molecule has 2 N–H and O–H groups in total. The van der Waals surface area contributed by atoms with Crippen molar-refractivity contribution in [2.24, 2.45) is 0 Å². The predicted molar refractivity (Wildman–Crippen MR) is 85.8 cm³/mol. The number of nitrogens with zero attached hydrogens (tertiary/aromatic N) is 1. The van der Waals surface area contributed by atoms with E-state index >= 15 is 0 Å². The van der Waals surface area contributed by atoms with E-state index in [0.29, 0.717) is 0 Å². The summed E-state index contributed by atoms with van der Waals surface area (Å²) >= 11 is 1.57. The summed E-state index contributed by atoms with van der Waals surface area (Å²) in [5.74, 6) is -0.253. The molecule has 0 aliphatic rings. The summed E-state index contributed by atoms with van der Waals surface area (Å²) < 4.78 is 0. The monoisotopic (exact) mass is 297 g/mol. The van der Waals surface area contributed by atoms with Crippen molar-refractivity contribution >= 4 is 11.3 Å². The molecule has 2 aromatic carbocycles. The zero-order chi connectivity index (χ0) is 15.0. The van der Waals surface area contributed by atoms with E-state index in [4.69, 9.17) is 0 Å². The van der Waals surface area contributed by atoms with E-state index in [1.807, 2.05) is 5.38 Å². The first kappa shape index (κ1) is 13.6. The van der Waals surface area contributed by atoms with Gasteiger partial charge in [0.05, 0.1) is 5.69 Å². The average molecular weight is 297 g/mol. The zero-order valence-electron chi connectivity index (χ0n) is 11.8. The third kappa shape index (κ3) is 2.62.